The third-order valence-corrected chi connectivity index (χ3v) is 7.43. The van der Waals surface area contributed by atoms with Crippen molar-refractivity contribution >= 4 is 23.6 Å². The topological polar surface area (TPSA) is 71.3 Å². The van der Waals surface area contributed by atoms with E-state index in [0.717, 1.165) is 56.2 Å². The number of aryl methyl sites for hydroxylation is 1. The molecule has 4 rings (SSSR count). The predicted molar refractivity (Wildman–Crippen MR) is 126 cm³/mol. The van der Waals surface area contributed by atoms with Crippen LogP contribution in [0.15, 0.2) is 29.4 Å². The van der Waals surface area contributed by atoms with Gasteiger partial charge in [-0.1, -0.05) is 0 Å². The average Bonchev–Trinajstić information content (AvgIpc) is 3.37. The number of rotatable bonds is 3. The third-order valence-electron chi connectivity index (χ3n) is 6.72. The van der Waals surface area contributed by atoms with Gasteiger partial charge in [-0.25, -0.2) is 4.98 Å². The van der Waals surface area contributed by atoms with Crippen molar-refractivity contribution in [1.82, 2.24) is 24.6 Å². The summed E-state index contributed by atoms with van der Waals surface area (Å²) in [7, 11) is 0. The maximum atomic E-state index is 13.4. The number of carbonyl (C=O) groups is 2. The van der Waals surface area contributed by atoms with E-state index < -0.39 is 0 Å². The lowest BCUT2D eigenvalue weighted by Gasteiger charge is -2.39. The van der Waals surface area contributed by atoms with Crippen LogP contribution in [0, 0.1) is 12.3 Å². The third kappa shape index (κ3) is 4.29. The molecular formula is C24H33N5O2S. The summed E-state index contributed by atoms with van der Waals surface area (Å²) in [5.41, 5.74) is 2.07. The lowest BCUT2D eigenvalue weighted by molar-refractivity contribution is 0.0559. The van der Waals surface area contributed by atoms with Crippen LogP contribution in [-0.2, 0) is 5.54 Å². The van der Waals surface area contributed by atoms with Crippen LogP contribution in [0.2, 0.25) is 0 Å². The van der Waals surface area contributed by atoms with Crippen LogP contribution >= 0.6 is 11.8 Å². The highest BCUT2D eigenvalue weighted by molar-refractivity contribution is 7.98. The molecule has 0 unspecified atom stereocenters. The van der Waals surface area contributed by atoms with Gasteiger partial charge in [0.1, 0.15) is 10.7 Å². The summed E-state index contributed by atoms with van der Waals surface area (Å²) < 4.78 is 1.86. The van der Waals surface area contributed by atoms with Gasteiger partial charge < -0.3 is 9.80 Å². The fraction of sp³-hybridized carbons (Fsp3) is 0.583. The maximum Gasteiger partial charge on any atom is 0.272 e. The number of hydrogen-bond donors (Lipinski definition) is 0. The summed E-state index contributed by atoms with van der Waals surface area (Å²) in [6.45, 7) is 11.1. The van der Waals surface area contributed by atoms with E-state index in [1.165, 1.54) is 11.8 Å². The van der Waals surface area contributed by atoms with E-state index in [1.807, 2.05) is 45.9 Å². The van der Waals surface area contributed by atoms with Gasteiger partial charge in [0.15, 0.2) is 0 Å². The Labute approximate surface area is 194 Å². The summed E-state index contributed by atoms with van der Waals surface area (Å²) in [5, 5.41) is 5.35. The first-order chi connectivity index (χ1) is 15.1. The highest BCUT2D eigenvalue weighted by Gasteiger charge is 2.43. The molecule has 0 aromatic carbocycles. The Morgan fingerprint density at radius 3 is 2.34 bits per heavy atom. The molecule has 2 fully saturated rings. The number of aromatic nitrogens is 3. The molecule has 2 amide bonds. The number of thioether (sulfide) groups is 1. The van der Waals surface area contributed by atoms with E-state index in [2.05, 4.69) is 30.9 Å². The van der Waals surface area contributed by atoms with Crippen LogP contribution in [0.25, 0.3) is 0 Å². The van der Waals surface area contributed by atoms with Crippen molar-refractivity contribution < 1.29 is 9.59 Å². The Morgan fingerprint density at radius 2 is 1.72 bits per heavy atom. The standard InChI is InChI=1S/C24H33N5O2S/c1-17-15-19(29(26-17)23(2,3)4)22(31)28-14-10-24(16-28)8-12-27(13-9-24)21(30)18-7-6-11-25-20(18)32-5/h6-7,11,15H,8-10,12-14,16H2,1-5H3. The van der Waals surface area contributed by atoms with E-state index in [1.54, 1.807) is 6.20 Å². The second kappa shape index (κ2) is 8.54. The van der Waals surface area contributed by atoms with Gasteiger partial charge in [-0.05, 0) is 76.8 Å². The fourth-order valence-electron chi connectivity index (χ4n) is 4.91. The summed E-state index contributed by atoms with van der Waals surface area (Å²) >= 11 is 1.50. The van der Waals surface area contributed by atoms with Crippen molar-refractivity contribution in [3.63, 3.8) is 0 Å². The normalized spacial score (nSPS) is 18.4. The molecule has 2 aromatic rings. The molecule has 2 aliphatic rings. The number of amides is 2. The number of hydrogen-bond acceptors (Lipinski definition) is 5. The van der Waals surface area contributed by atoms with Crippen LogP contribution in [0.4, 0.5) is 0 Å². The van der Waals surface area contributed by atoms with Crippen molar-refractivity contribution in [3.8, 4) is 0 Å². The molecule has 0 radical (unpaired) electrons. The van der Waals surface area contributed by atoms with Crippen molar-refractivity contribution in [1.29, 1.82) is 0 Å². The Kier molecular flexibility index (Phi) is 6.09. The van der Waals surface area contributed by atoms with Crippen molar-refractivity contribution in [2.45, 2.75) is 57.5 Å². The second-order valence-corrected chi connectivity index (χ2v) is 10.9. The van der Waals surface area contributed by atoms with Crippen LogP contribution in [0.3, 0.4) is 0 Å². The van der Waals surface area contributed by atoms with Gasteiger partial charge in [-0.3, -0.25) is 14.3 Å². The van der Waals surface area contributed by atoms with Gasteiger partial charge in [-0.15, -0.1) is 11.8 Å². The zero-order chi connectivity index (χ0) is 23.1. The second-order valence-electron chi connectivity index (χ2n) is 10.1. The summed E-state index contributed by atoms with van der Waals surface area (Å²) in [6.07, 6.45) is 6.52. The molecule has 32 heavy (non-hydrogen) atoms. The van der Waals surface area contributed by atoms with Crippen LogP contribution in [0.1, 0.15) is 66.6 Å². The molecule has 0 bridgehead atoms. The van der Waals surface area contributed by atoms with Gasteiger partial charge in [0, 0.05) is 32.4 Å². The molecule has 0 atom stereocenters. The van der Waals surface area contributed by atoms with Crippen molar-refractivity contribution in [3.05, 3.63) is 41.3 Å². The average molecular weight is 456 g/mol. The van der Waals surface area contributed by atoms with Gasteiger partial charge in [-0.2, -0.15) is 5.10 Å². The fourth-order valence-corrected chi connectivity index (χ4v) is 5.45. The SMILES string of the molecule is CSc1ncccc1C(=O)N1CCC2(CC1)CCN(C(=O)c1cc(C)nn1C(C)(C)C)C2. The van der Waals surface area contributed by atoms with Gasteiger partial charge >= 0.3 is 0 Å². The number of carbonyl (C=O) groups excluding carboxylic acids is 2. The smallest absolute Gasteiger partial charge is 0.272 e. The summed E-state index contributed by atoms with van der Waals surface area (Å²) in [4.78, 5) is 34.7. The van der Waals surface area contributed by atoms with Crippen molar-refractivity contribution in [2.24, 2.45) is 5.41 Å². The number of pyridine rings is 1. The van der Waals surface area contributed by atoms with Crippen molar-refractivity contribution in [2.75, 3.05) is 32.4 Å². The number of piperidine rings is 1. The minimum absolute atomic E-state index is 0.0628. The zero-order valence-corrected chi connectivity index (χ0v) is 20.5. The van der Waals surface area contributed by atoms with Gasteiger partial charge in [0.05, 0.1) is 16.8 Å². The summed E-state index contributed by atoms with van der Waals surface area (Å²) in [6, 6.07) is 5.59. The minimum atomic E-state index is -0.246. The lowest BCUT2D eigenvalue weighted by Crippen LogP contribution is -2.45. The Hall–Kier alpha value is -2.35. The first-order valence-electron chi connectivity index (χ1n) is 11.3. The minimum Gasteiger partial charge on any atom is -0.339 e. The summed E-state index contributed by atoms with van der Waals surface area (Å²) in [5.74, 6) is 0.128. The molecule has 2 aromatic heterocycles. The molecule has 1 spiro atoms. The van der Waals surface area contributed by atoms with Gasteiger partial charge in [0.25, 0.3) is 11.8 Å². The molecular weight excluding hydrogens is 422 g/mol. The van der Waals surface area contributed by atoms with Crippen LogP contribution < -0.4 is 0 Å². The molecule has 2 saturated heterocycles. The Bertz CT molecular complexity index is 1020. The van der Waals surface area contributed by atoms with E-state index in [0.29, 0.717) is 11.3 Å². The van der Waals surface area contributed by atoms with E-state index in [-0.39, 0.29) is 22.8 Å². The molecule has 0 saturated carbocycles. The van der Waals surface area contributed by atoms with Crippen LogP contribution in [-0.4, -0.2) is 68.8 Å². The molecule has 172 valence electrons. The van der Waals surface area contributed by atoms with E-state index in [9.17, 15) is 9.59 Å². The molecule has 2 aliphatic heterocycles. The number of likely N-dealkylation sites (tertiary alicyclic amines) is 2. The van der Waals surface area contributed by atoms with Crippen LogP contribution in [0.5, 0.6) is 0 Å². The first kappa shape index (κ1) is 22.8. The quantitative estimate of drug-likeness (QED) is 0.658. The predicted octanol–water partition coefficient (Wildman–Crippen LogP) is 3.83. The molecule has 4 heterocycles. The van der Waals surface area contributed by atoms with E-state index in [4.69, 9.17) is 0 Å². The molecule has 0 N–H and O–H groups in total. The lowest BCUT2D eigenvalue weighted by atomic mass is 9.77. The monoisotopic (exact) mass is 455 g/mol. The molecule has 8 heteroatoms. The number of nitrogens with zero attached hydrogens (tertiary/aromatic N) is 5. The first-order valence-corrected chi connectivity index (χ1v) is 12.5. The highest BCUT2D eigenvalue weighted by atomic mass is 32.2. The Balaban J connectivity index is 1.42. The van der Waals surface area contributed by atoms with E-state index >= 15 is 0 Å². The zero-order valence-electron chi connectivity index (χ0n) is 19.7. The molecule has 0 aliphatic carbocycles. The van der Waals surface area contributed by atoms with Gasteiger partial charge in [0.2, 0.25) is 0 Å². The largest absolute Gasteiger partial charge is 0.339 e. The molecule has 7 nitrogen and oxygen atoms in total. The Morgan fingerprint density at radius 1 is 1.06 bits per heavy atom. The maximum absolute atomic E-state index is 13.4. The highest BCUT2D eigenvalue weighted by Crippen LogP contribution is 2.41.